The summed E-state index contributed by atoms with van der Waals surface area (Å²) in [6.07, 6.45) is 2.27. The van der Waals surface area contributed by atoms with Crippen molar-refractivity contribution in [1.29, 1.82) is 0 Å². The standard InChI is InChI=1S/C13H24F3NO/c1-2-4-11(9-17-12-6-7-12)5-3-8-18-10-13(14,15)16/h11-12,17H,2-10H2,1H3. The van der Waals surface area contributed by atoms with Gasteiger partial charge in [-0.2, -0.15) is 13.2 Å². The fraction of sp³-hybridized carbons (Fsp3) is 1.00. The number of halogens is 3. The molecule has 1 atom stereocenters. The predicted octanol–water partition coefficient (Wildman–Crippen LogP) is 3.51. The summed E-state index contributed by atoms with van der Waals surface area (Å²) in [5.41, 5.74) is 0. The zero-order chi connectivity index (χ0) is 13.4. The topological polar surface area (TPSA) is 21.3 Å². The normalized spacial score (nSPS) is 18.0. The van der Waals surface area contributed by atoms with Crippen molar-refractivity contribution in [3.8, 4) is 0 Å². The van der Waals surface area contributed by atoms with Gasteiger partial charge in [-0.05, 0) is 44.6 Å². The number of alkyl halides is 3. The fourth-order valence-corrected chi connectivity index (χ4v) is 2.04. The highest BCUT2D eigenvalue weighted by Crippen LogP contribution is 2.21. The molecule has 0 aromatic carbocycles. The van der Waals surface area contributed by atoms with Gasteiger partial charge in [-0.3, -0.25) is 0 Å². The van der Waals surface area contributed by atoms with Crippen LogP contribution >= 0.6 is 0 Å². The summed E-state index contributed by atoms with van der Waals surface area (Å²) in [6.45, 7) is 2.23. The van der Waals surface area contributed by atoms with Crippen LogP contribution in [0.5, 0.6) is 0 Å². The van der Waals surface area contributed by atoms with Gasteiger partial charge in [0, 0.05) is 12.6 Å². The minimum atomic E-state index is -4.20. The SMILES string of the molecule is CCCC(CCCOCC(F)(F)F)CNC1CC1. The van der Waals surface area contributed by atoms with Crippen LogP contribution in [0, 0.1) is 5.92 Å². The summed E-state index contributed by atoms with van der Waals surface area (Å²) in [7, 11) is 0. The summed E-state index contributed by atoms with van der Waals surface area (Å²) in [4.78, 5) is 0. The Morgan fingerprint density at radius 2 is 2.00 bits per heavy atom. The summed E-state index contributed by atoms with van der Waals surface area (Å²) in [5.74, 6) is 0.574. The monoisotopic (exact) mass is 267 g/mol. The molecule has 1 aliphatic rings. The third-order valence-corrected chi connectivity index (χ3v) is 3.14. The second-order valence-electron chi connectivity index (χ2n) is 5.15. The van der Waals surface area contributed by atoms with E-state index in [1.165, 1.54) is 12.8 Å². The van der Waals surface area contributed by atoms with Gasteiger partial charge in [-0.25, -0.2) is 0 Å². The van der Waals surface area contributed by atoms with Crippen LogP contribution in [0.15, 0.2) is 0 Å². The smallest absolute Gasteiger partial charge is 0.372 e. The molecule has 0 aromatic heterocycles. The van der Waals surface area contributed by atoms with Crippen LogP contribution in [-0.4, -0.2) is 32.0 Å². The van der Waals surface area contributed by atoms with Gasteiger partial charge >= 0.3 is 6.18 Å². The van der Waals surface area contributed by atoms with E-state index in [9.17, 15) is 13.2 Å². The van der Waals surface area contributed by atoms with E-state index in [1.807, 2.05) is 0 Å². The molecule has 0 spiro atoms. The Balaban J connectivity index is 2.01. The van der Waals surface area contributed by atoms with Crippen molar-refractivity contribution in [1.82, 2.24) is 5.32 Å². The molecule has 1 aliphatic carbocycles. The quantitative estimate of drug-likeness (QED) is 0.612. The number of hydrogen-bond donors (Lipinski definition) is 1. The Labute approximate surface area is 107 Å². The summed E-state index contributed by atoms with van der Waals surface area (Å²) >= 11 is 0. The van der Waals surface area contributed by atoms with Gasteiger partial charge in [-0.1, -0.05) is 13.3 Å². The Bertz CT molecular complexity index is 217. The molecular formula is C13H24F3NO. The van der Waals surface area contributed by atoms with E-state index >= 15 is 0 Å². The number of hydrogen-bond acceptors (Lipinski definition) is 2. The zero-order valence-corrected chi connectivity index (χ0v) is 11.1. The van der Waals surface area contributed by atoms with Gasteiger partial charge in [0.2, 0.25) is 0 Å². The van der Waals surface area contributed by atoms with Crippen LogP contribution in [0.25, 0.3) is 0 Å². The third-order valence-electron chi connectivity index (χ3n) is 3.14. The summed E-state index contributed by atoms with van der Waals surface area (Å²) in [6, 6.07) is 0.700. The van der Waals surface area contributed by atoms with Crippen molar-refractivity contribution in [2.75, 3.05) is 19.8 Å². The molecule has 0 heterocycles. The lowest BCUT2D eigenvalue weighted by atomic mass is 9.98. The van der Waals surface area contributed by atoms with E-state index < -0.39 is 12.8 Å². The molecule has 1 N–H and O–H groups in total. The maximum Gasteiger partial charge on any atom is 0.411 e. The minimum Gasteiger partial charge on any atom is -0.372 e. The number of ether oxygens (including phenoxy) is 1. The van der Waals surface area contributed by atoms with Crippen LogP contribution in [0.1, 0.15) is 45.4 Å². The molecule has 1 fully saturated rings. The Hall–Kier alpha value is -0.290. The number of nitrogens with one attached hydrogen (secondary N) is 1. The highest BCUT2D eigenvalue weighted by atomic mass is 19.4. The molecule has 0 aliphatic heterocycles. The highest BCUT2D eigenvalue weighted by Gasteiger charge is 2.27. The molecule has 0 radical (unpaired) electrons. The van der Waals surface area contributed by atoms with Crippen molar-refractivity contribution in [2.45, 2.75) is 57.7 Å². The molecule has 18 heavy (non-hydrogen) atoms. The van der Waals surface area contributed by atoms with Crippen molar-refractivity contribution in [3.05, 3.63) is 0 Å². The molecule has 0 saturated heterocycles. The second-order valence-corrected chi connectivity index (χ2v) is 5.15. The van der Waals surface area contributed by atoms with Gasteiger partial charge in [-0.15, -0.1) is 0 Å². The summed E-state index contributed by atoms with van der Waals surface area (Å²) < 4.78 is 40.2. The average Bonchev–Trinajstić information content (AvgIpc) is 3.07. The maximum absolute atomic E-state index is 11.8. The van der Waals surface area contributed by atoms with E-state index in [0.29, 0.717) is 18.4 Å². The lowest BCUT2D eigenvalue weighted by Crippen LogP contribution is -2.25. The van der Waals surface area contributed by atoms with Gasteiger partial charge in [0.05, 0.1) is 0 Å². The number of rotatable bonds is 10. The van der Waals surface area contributed by atoms with Crippen LogP contribution in [-0.2, 0) is 4.74 Å². The Kier molecular flexibility index (Phi) is 7.00. The molecule has 0 bridgehead atoms. The van der Waals surface area contributed by atoms with E-state index in [-0.39, 0.29) is 6.61 Å². The summed E-state index contributed by atoms with van der Waals surface area (Å²) in [5, 5.41) is 3.49. The molecule has 1 rings (SSSR count). The van der Waals surface area contributed by atoms with Crippen molar-refractivity contribution >= 4 is 0 Å². The first-order valence-electron chi connectivity index (χ1n) is 6.89. The van der Waals surface area contributed by atoms with Crippen LogP contribution in [0.2, 0.25) is 0 Å². The molecule has 5 heteroatoms. The molecule has 2 nitrogen and oxygen atoms in total. The lowest BCUT2D eigenvalue weighted by molar-refractivity contribution is -0.174. The first kappa shape index (κ1) is 15.8. The van der Waals surface area contributed by atoms with E-state index in [4.69, 9.17) is 0 Å². The first-order valence-corrected chi connectivity index (χ1v) is 6.89. The zero-order valence-electron chi connectivity index (χ0n) is 11.1. The molecule has 108 valence electrons. The Morgan fingerprint density at radius 1 is 1.28 bits per heavy atom. The maximum atomic E-state index is 11.8. The van der Waals surface area contributed by atoms with Crippen molar-refractivity contribution in [3.63, 3.8) is 0 Å². The Morgan fingerprint density at radius 3 is 2.56 bits per heavy atom. The second kappa shape index (κ2) is 8.00. The van der Waals surface area contributed by atoms with Crippen molar-refractivity contribution in [2.24, 2.45) is 5.92 Å². The van der Waals surface area contributed by atoms with Gasteiger partial charge < -0.3 is 10.1 Å². The largest absolute Gasteiger partial charge is 0.411 e. The third kappa shape index (κ3) is 8.75. The van der Waals surface area contributed by atoms with E-state index in [1.54, 1.807) is 0 Å². The minimum absolute atomic E-state index is 0.211. The van der Waals surface area contributed by atoms with Crippen molar-refractivity contribution < 1.29 is 17.9 Å². The van der Waals surface area contributed by atoms with Gasteiger partial charge in [0.15, 0.2) is 0 Å². The average molecular weight is 267 g/mol. The van der Waals surface area contributed by atoms with E-state index in [2.05, 4.69) is 17.0 Å². The lowest BCUT2D eigenvalue weighted by Gasteiger charge is -2.17. The van der Waals surface area contributed by atoms with Crippen LogP contribution < -0.4 is 5.32 Å². The van der Waals surface area contributed by atoms with Gasteiger partial charge in [0.1, 0.15) is 6.61 Å². The van der Waals surface area contributed by atoms with Crippen LogP contribution in [0.3, 0.4) is 0 Å². The molecule has 1 unspecified atom stereocenters. The molecular weight excluding hydrogens is 243 g/mol. The highest BCUT2D eigenvalue weighted by molar-refractivity contribution is 4.81. The first-order chi connectivity index (χ1) is 8.51. The van der Waals surface area contributed by atoms with E-state index in [0.717, 1.165) is 25.8 Å². The molecule has 0 aromatic rings. The van der Waals surface area contributed by atoms with Crippen LogP contribution in [0.4, 0.5) is 13.2 Å². The molecule has 0 amide bonds. The predicted molar refractivity (Wildman–Crippen MR) is 65.5 cm³/mol. The molecule has 1 saturated carbocycles. The fourth-order valence-electron chi connectivity index (χ4n) is 2.04. The van der Waals surface area contributed by atoms with Gasteiger partial charge in [0.25, 0.3) is 0 Å².